The number of aryl methyl sites for hydroxylation is 1. The van der Waals surface area contributed by atoms with Gasteiger partial charge in [0.15, 0.2) is 0 Å². The van der Waals surface area contributed by atoms with Gasteiger partial charge in [0.2, 0.25) is 23.6 Å². The molecule has 0 bridgehead atoms. The summed E-state index contributed by atoms with van der Waals surface area (Å²) in [7, 11) is 0. The largest absolute Gasteiger partial charge is 0.347 e. The van der Waals surface area contributed by atoms with Gasteiger partial charge in [0.25, 0.3) is 0 Å². The molecule has 0 saturated heterocycles. The lowest BCUT2D eigenvalue weighted by Crippen LogP contribution is -2.45. The minimum Gasteiger partial charge on any atom is -0.347 e. The average Bonchev–Trinajstić information content (AvgIpc) is 2.59. The third kappa shape index (κ3) is 7.78. The summed E-state index contributed by atoms with van der Waals surface area (Å²) in [4.78, 5) is 48.2. The van der Waals surface area contributed by atoms with Gasteiger partial charge in [-0.05, 0) is 25.0 Å². The number of para-hydroxylation sites is 1. The summed E-state index contributed by atoms with van der Waals surface area (Å²) < 4.78 is 0. The molecule has 8 nitrogen and oxygen atoms in total. The second kappa shape index (κ2) is 10.9. The fourth-order valence-electron chi connectivity index (χ4n) is 2.19. The number of carbonyl (C=O) groups is 4. The van der Waals surface area contributed by atoms with Gasteiger partial charge in [0.05, 0.1) is 19.6 Å². The Labute approximate surface area is 153 Å². The quantitative estimate of drug-likeness (QED) is 0.592. The Morgan fingerprint density at radius 1 is 1.00 bits per heavy atom. The van der Waals surface area contributed by atoms with Crippen molar-refractivity contribution in [2.45, 2.75) is 27.2 Å². The summed E-state index contributed by atoms with van der Waals surface area (Å²) in [6.07, 6.45) is 0.684. The molecule has 8 heteroatoms. The number of anilines is 1. The van der Waals surface area contributed by atoms with Gasteiger partial charge in [-0.3, -0.25) is 19.2 Å². The number of nitrogens with one attached hydrogen (secondary N) is 3. The lowest BCUT2D eigenvalue weighted by molar-refractivity contribution is -0.135. The molecule has 142 valence electrons. The zero-order valence-corrected chi connectivity index (χ0v) is 15.4. The highest BCUT2D eigenvalue weighted by atomic mass is 16.2. The van der Waals surface area contributed by atoms with E-state index < -0.39 is 5.91 Å². The molecule has 0 aromatic heterocycles. The van der Waals surface area contributed by atoms with Crippen molar-refractivity contribution >= 4 is 29.3 Å². The summed E-state index contributed by atoms with van der Waals surface area (Å²) in [5, 5.41) is 7.56. The first-order valence-electron chi connectivity index (χ1n) is 8.47. The minimum atomic E-state index is -0.464. The molecule has 3 N–H and O–H groups in total. The second-order valence-corrected chi connectivity index (χ2v) is 5.86. The molecule has 26 heavy (non-hydrogen) atoms. The summed E-state index contributed by atoms with van der Waals surface area (Å²) in [6.45, 7) is 4.98. The Balaban J connectivity index is 2.54. The summed E-state index contributed by atoms with van der Waals surface area (Å²) in [6, 6.07) is 7.38. The van der Waals surface area contributed by atoms with Crippen molar-refractivity contribution in [1.82, 2.24) is 15.5 Å². The van der Waals surface area contributed by atoms with Gasteiger partial charge in [0, 0.05) is 19.2 Å². The fourth-order valence-corrected chi connectivity index (χ4v) is 2.19. The molecule has 0 radical (unpaired) electrons. The predicted octanol–water partition coefficient (Wildman–Crippen LogP) is 0.424. The Morgan fingerprint density at radius 3 is 2.31 bits per heavy atom. The van der Waals surface area contributed by atoms with Crippen LogP contribution < -0.4 is 16.0 Å². The number of amides is 4. The molecule has 1 rings (SSSR count). The van der Waals surface area contributed by atoms with Gasteiger partial charge in [-0.1, -0.05) is 25.1 Å². The fraction of sp³-hybridized carbons (Fsp3) is 0.444. The molecule has 4 amide bonds. The summed E-state index contributed by atoms with van der Waals surface area (Å²) >= 11 is 0. The smallest absolute Gasteiger partial charge is 0.244 e. The van der Waals surface area contributed by atoms with E-state index in [0.29, 0.717) is 18.7 Å². The first-order chi connectivity index (χ1) is 12.3. The molecule has 0 aliphatic rings. The highest BCUT2D eigenvalue weighted by Gasteiger charge is 2.17. The van der Waals surface area contributed by atoms with E-state index in [1.807, 2.05) is 32.0 Å². The molecule has 0 fully saturated rings. The lowest BCUT2D eigenvalue weighted by atomic mass is 10.2. The van der Waals surface area contributed by atoms with Crippen LogP contribution in [0.15, 0.2) is 24.3 Å². The topological polar surface area (TPSA) is 108 Å². The molecular formula is C18H26N4O4. The zero-order chi connectivity index (χ0) is 19.5. The maximum Gasteiger partial charge on any atom is 0.244 e. The highest BCUT2D eigenvalue weighted by molar-refractivity contribution is 5.96. The summed E-state index contributed by atoms with van der Waals surface area (Å²) in [5.41, 5.74) is 1.63. The van der Waals surface area contributed by atoms with Gasteiger partial charge in [-0.15, -0.1) is 0 Å². The highest BCUT2D eigenvalue weighted by Crippen LogP contribution is 2.12. The monoisotopic (exact) mass is 362 g/mol. The Kier molecular flexibility index (Phi) is 8.83. The van der Waals surface area contributed by atoms with Crippen LogP contribution in [-0.2, 0) is 19.2 Å². The van der Waals surface area contributed by atoms with Crippen LogP contribution in [0.5, 0.6) is 0 Å². The number of carbonyl (C=O) groups excluding carboxylic acids is 4. The number of rotatable bonds is 9. The van der Waals surface area contributed by atoms with Crippen LogP contribution in [-0.4, -0.2) is 54.7 Å². The normalized spacial score (nSPS) is 9.96. The minimum absolute atomic E-state index is 0.0947. The van der Waals surface area contributed by atoms with Crippen molar-refractivity contribution in [2.24, 2.45) is 0 Å². The van der Waals surface area contributed by atoms with Crippen molar-refractivity contribution in [3.8, 4) is 0 Å². The van der Waals surface area contributed by atoms with Gasteiger partial charge in [-0.25, -0.2) is 0 Å². The molecule has 0 atom stereocenters. The first-order valence-corrected chi connectivity index (χ1v) is 8.47. The maximum atomic E-state index is 12.3. The van der Waals surface area contributed by atoms with E-state index >= 15 is 0 Å². The van der Waals surface area contributed by atoms with Crippen molar-refractivity contribution in [3.63, 3.8) is 0 Å². The predicted molar refractivity (Wildman–Crippen MR) is 98.4 cm³/mol. The molecule has 0 unspecified atom stereocenters. The van der Waals surface area contributed by atoms with E-state index in [4.69, 9.17) is 0 Å². The van der Waals surface area contributed by atoms with E-state index in [0.717, 1.165) is 5.56 Å². The van der Waals surface area contributed by atoms with Crippen molar-refractivity contribution < 1.29 is 19.2 Å². The second-order valence-electron chi connectivity index (χ2n) is 5.86. The number of hydrogen-bond donors (Lipinski definition) is 3. The molecule has 1 aromatic rings. The van der Waals surface area contributed by atoms with Gasteiger partial charge in [0.1, 0.15) is 0 Å². The molecule has 1 aromatic carbocycles. The van der Waals surface area contributed by atoms with E-state index in [-0.39, 0.29) is 37.4 Å². The molecule has 0 aliphatic carbocycles. The molecule has 0 saturated carbocycles. The Morgan fingerprint density at radius 2 is 1.69 bits per heavy atom. The average molecular weight is 362 g/mol. The first kappa shape index (κ1) is 21.1. The maximum absolute atomic E-state index is 12.3. The van der Waals surface area contributed by atoms with Gasteiger partial charge < -0.3 is 20.9 Å². The molecule has 0 aliphatic heterocycles. The number of benzene rings is 1. The SMILES string of the molecule is CCCN(CC(=O)Nc1ccccc1C)C(=O)CNC(=O)CNC(C)=O. The zero-order valence-electron chi connectivity index (χ0n) is 15.4. The Bertz CT molecular complexity index is 660. The van der Waals surface area contributed by atoms with Crippen LogP contribution in [0.25, 0.3) is 0 Å². The van der Waals surface area contributed by atoms with Crippen LogP contribution in [0, 0.1) is 6.92 Å². The van der Waals surface area contributed by atoms with E-state index in [1.54, 1.807) is 6.07 Å². The van der Waals surface area contributed by atoms with Gasteiger partial charge in [-0.2, -0.15) is 0 Å². The molecule has 0 heterocycles. The van der Waals surface area contributed by atoms with Crippen molar-refractivity contribution in [3.05, 3.63) is 29.8 Å². The number of hydrogen-bond acceptors (Lipinski definition) is 4. The van der Waals surface area contributed by atoms with Crippen LogP contribution >= 0.6 is 0 Å². The standard InChI is InChI=1S/C18H26N4O4/c1-4-9-22(18(26)11-20-16(24)10-19-14(3)23)12-17(25)21-15-8-6-5-7-13(15)2/h5-8H,4,9-12H2,1-3H3,(H,19,23)(H,20,24)(H,21,25). The van der Waals surface area contributed by atoms with Crippen molar-refractivity contribution in [2.75, 3.05) is 31.5 Å². The van der Waals surface area contributed by atoms with Crippen LogP contribution in [0.1, 0.15) is 25.8 Å². The van der Waals surface area contributed by atoms with Gasteiger partial charge >= 0.3 is 0 Å². The molecule has 0 spiro atoms. The third-order valence-corrected chi connectivity index (χ3v) is 3.53. The van der Waals surface area contributed by atoms with Crippen LogP contribution in [0.4, 0.5) is 5.69 Å². The van der Waals surface area contributed by atoms with Crippen molar-refractivity contribution in [1.29, 1.82) is 0 Å². The van der Waals surface area contributed by atoms with Crippen LogP contribution in [0.2, 0.25) is 0 Å². The van der Waals surface area contributed by atoms with E-state index in [1.165, 1.54) is 11.8 Å². The third-order valence-electron chi connectivity index (χ3n) is 3.53. The van der Waals surface area contributed by atoms with Crippen LogP contribution in [0.3, 0.4) is 0 Å². The van der Waals surface area contributed by atoms with E-state index in [2.05, 4.69) is 16.0 Å². The Hall–Kier alpha value is -2.90. The molecular weight excluding hydrogens is 336 g/mol. The lowest BCUT2D eigenvalue weighted by Gasteiger charge is -2.22. The summed E-state index contributed by atoms with van der Waals surface area (Å²) in [5.74, 6) is -1.45. The van der Waals surface area contributed by atoms with E-state index in [9.17, 15) is 19.2 Å². The number of nitrogens with zero attached hydrogens (tertiary/aromatic N) is 1.